The van der Waals surface area contributed by atoms with Crippen molar-refractivity contribution >= 4 is 17.5 Å². The van der Waals surface area contributed by atoms with Crippen LogP contribution in [0.15, 0.2) is 61.3 Å². The van der Waals surface area contributed by atoms with Crippen molar-refractivity contribution in [2.45, 2.75) is 19.1 Å². The Morgan fingerprint density at radius 1 is 1.00 bits per heavy atom. The van der Waals surface area contributed by atoms with E-state index < -0.39 is 23.6 Å². The van der Waals surface area contributed by atoms with Crippen LogP contribution in [-0.2, 0) is 31.0 Å². The van der Waals surface area contributed by atoms with Gasteiger partial charge in [-0.2, -0.15) is 18.3 Å². The zero-order chi connectivity index (χ0) is 25.0. The van der Waals surface area contributed by atoms with Crippen molar-refractivity contribution < 1.29 is 22.4 Å². The highest BCUT2D eigenvalue weighted by molar-refractivity contribution is 5.79. The quantitative estimate of drug-likeness (QED) is 0.384. The van der Waals surface area contributed by atoms with Crippen LogP contribution < -0.4 is 10.6 Å². The Bertz CT molecular complexity index is 1320. The lowest BCUT2D eigenvalue weighted by molar-refractivity contribution is -0.141. The maximum atomic E-state index is 14.6. The van der Waals surface area contributed by atoms with E-state index in [0.717, 1.165) is 18.0 Å². The van der Waals surface area contributed by atoms with Crippen molar-refractivity contribution in [1.82, 2.24) is 30.0 Å². The molecule has 0 saturated heterocycles. The highest BCUT2D eigenvalue weighted by Crippen LogP contribution is 2.27. The van der Waals surface area contributed by atoms with Gasteiger partial charge in [-0.05, 0) is 28.8 Å². The first kappa shape index (κ1) is 23.8. The normalized spacial score (nSPS) is 11.3. The topological polar surface area (TPSA) is 97.6 Å². The molecule has 0 unspecified atom stereocenters. The first-order valence-corrected chi connectivity index (χ1v) is 10.3. The molecule has 35 heavy (non-hydrogen) atoms. The summed E-state index contributed by atoms with van der Waals surface area (Å²) in [5.74, 6) is -0.698. The molecule has 3 heterocycles. The maximum absolute atomic E-state index is 14.6. The number of halogens is 4. The van der Waals surface area contributed by atoms with Crippen molar-refractivity contribution in [1.29, 1.82) is 0 Å². The van der Waals surface area contributed by atoms with Gasteiger partial charge in [0.25, 0.3) is 0 Å². The van der Waals surface area contributed by atoms with Gasteiger partial charge in [-0.25, -0.2) is 14.4 Å². The fourth-order valence-corrected chi connectivity index (χ4v) is 3.16. The van der Waals surface area contributed by atoms with Crippen LogP contribution in [0.2, 0.25) is 0 Å². The highest BCUT2D eigenvalue weighted by atomic mass is 19.4. The number of amides is 1. The van der Waals surface area contributed by atoms with Gasteiger partial charge in [-0.15, -0.1) is 0 Å². The minimum Gasteiger partial charge on any atom is -0.352 e. The Morgan fingerprint density at radius 3 is 2.37 bits per heavy atom. The summed E-state index contributed by atoms with van der Waals surface area (Å²) in [4.78, 5) is 24.0. The van der Waals surface area contributed by atoms with E-state index in [1.54, 1.807) is 42.6 Å². The molecular formula is C23H19F4N7O. The number of carbonyl (C=O) groups excluding carboxylic acids is 1. The molecule has 4 rings (SSSR count). The average molecular weight is 485 g/mol. The smallest absolute Gasteiger partial charge is 0.352 e. The van der Waals surface area contributed by atoms with Gasteiger partial charge in [-0.1, -0.05) is 18.2 Å². The van der Waals surface area contributed by atoms with Crippen LogP contribution in [0.1, 0.15) is 16.8 Å². The third kappa shape index (κ3) is 6.16. The standard InChI is InChI=1S/C23H19F4N7O/c1-34-13-18(12-32-34)33-22-30-10-17(11-31-22)15-3-4-16(19(24)6-15)7-21(35)29-9-14-2-5-20(28-8-14)23(25,26)27/h2-6,8,10-13H,7,9H2,1H3,(H,29,35)(H,30,31,33). The summed E-state index contributed by atoms with van der Waals surface area (Å²) in [6, 6.07) is 6.50. The van der Waals surface area contributed by atoms with E-state index in [2.05, 4.69) is 30.7 Å². The second-order valence-corrected chi connectivity index (χ2v) is 7.63. The number of nitrogens with one attached hydrogen (secondary N) is 2. The second-order valence-electron chi connectivity index (χ2n) is 7.63. The average Bonchev–Trinajstić information content (AvgIpc) is 3.23. The Morgan fingerprint density at radius 2 is 1.77 bits per heavy atom. The molecule has 0 radical (unpaired) electrons. The lowest BCUT2D eigenvalue weighted by Gasteiger charge is -2.09. The molecule has 0 aliphatic rings. The predicted octanol–water partition coefficient (Wildman–Crippen LogP) is 4.03. The number of aryl methyl sites for hydroxylation is 1. The number of pyridine rings is 1. The van der Waals surface area contributed by atoms with Crippen molar-refractivity contribution in [3.05, 3.63) is 84.0 Å². The van der Waals surface area contributed by atoms with Crippen LogP contribution in [-0.4, -0.2) is 30.6 Å². The Kier molecular flexibility index (Phi) is 6.71. The summed E-state index contributed by atoms with van der Waals surface area (Å²) in [5, 5.41) is 9.59. The number of benzene rings is 1. The van der Waals surface area contributed by atoms with E-state index in [9.17, 15) is 22.4 Å². The summed E-state index contributed by atoms with van der Waals surface area (Å²) >= 11 is 0. The fourth-order valence-electron chi connectivity index (χ4n) is 3.16. The fraction of sp³-hybridized carbons (Fsp3) is 0.174. The molecular weight excluding hydrogens is 466 g/mol. The largest absolute Gasteiger partial charge is 0.433 e. The molecule has 8 nitrogen and oxygen atoms in total. The summed E-state index contributed by atoms with van der Waals surface area (Å²) < 4.78 is 54.0. The van der Waals surface area contributed by atoms with Crippen LogP contribution in [0.25, 0.3) is 11.1 Å². The van der Waals surface area contributed by atoms with Crippen LogP contribution in [0.5, 0.6) is 0 Å². The molecule has 0 bridgehead atoms. The molecule has 1 amide bonds. The Hall–Kier alpha value is -4.35. The number of anilines is 2. The minimum absolute atomic E-state index is 0.0273. The van der Waals surface area contributed by atoms with E-state index in [1.807, 2.05) is 0 Å². The Labute approximate surface area is 197 Å². The predicted molar refractivity (Wildman–Crippen MR) is 119 cm³/mol. The summed E-state index contributed by atoms with van der Waals surface area (Å²) in [5.41, 5.74) is 1.40. The van der Waals surface area contributed by atoms with Crippen molar-refractivity contribution in [3.63, 3.8) is 0 Å². The minimum atomic E-state index is -4.53. The molecule has 0 aliphatic heterocycles. The number of hydrogen-bond donors (Lipinski definition) is 2. The van der Waals surface area contributed by atoms with Gasteiger partial charge < -0.3 is 10.6 Å². The molecule has 0 aliphatic carbocycles. The molecule has 1 aromatic carbocycles. The molecule has 0 fully saturated rings. The van der Waals surface area contributed by atoms with E-state index in [0.29, 0.717) is 22.6 Å². The molecule has 0 atom stereocenters. The summed E-state index contributed by atoms with van der Waals surface area (Å²) in [7, 11) is 1.79. The van der Waals surface area contributed by atoms with Gasteiger partial charge in [0.1, 0.15) is 11.5 Å². The zero-order valence-corrected chi connectivity index (χ0v) is 18.3. The summed E-state index contributed by atoms with van der Waals surface area (Å²) in [6.45, 7) is -0.0273. The van der Waals surface area contributed by atoms with Crippen molar-refractivity contribution in [3.8, 4) is 11.1 Å². The number of carbonyl (C=O) groups is 1. The Balaban J connectivity index is 1.34. The maximum Gasteiger partial charge on any atom is 0.433 e. The van der Waals surface area contributed by atoms with E-state index >= 15 is 0 Å². The lowest BCUT2D eigenvalue weighted by Crippen LogP contribution is -2.25. The zero-order valence-electron chi connectivity index (χ0n) is 18.3. The van der Waals surface area contributed by atoms with E-state index in [4.69, 9.17) is 0 Å². The van der Waals surface area contributed by atoms with Crippen molar-refractivity contribution in [2.24, 2.45) is 7.05 Å². The molecule has 12 heteroatoms. The number of rotatable bonds is 7. The first-order valence-electron chi connectivity index (χ1n) is 10.3. The van der Waals surface area contributed by atoms with Crippen LogP contribution >= 0.6 is 0 Å². The number of alkyl halides is 3. The molecule has 4 aromatic rings. The van der Waals surface area contributed by atoms with Crippen LogP contribution in [0.4, 0.5) is 29.2 Å². The molecule has 0 saturated carbocycles. The SMILES string of the molecule is Cn1cc(Nc2ncc(-c3ccc(CC(=O)NCc4ccc(C(F)(F)F)nc4)c(F)c3)cn2)cn1. The first-order chi connectivity index (χ1) is 16.7. The van der Waals surface area contributed by atoms with Gasteiger partial charge in [0, 0.05) is 43.9 Å². The lowest BCUT2D eigenvalue weighted by atomic mass is 10.0. The molecule has 2 N–H and O–H groups in total. The molecule has 0 spiro atoms. The number of aromatic nitrogens is 5. The number of nitrogens with zero attached hydrogens (tertiary/aromatic N) is 5. The third-order valence-electron chi connectivity index (χ3n) is 4.96. The second kappa shape index (κ2) is 9.87. The monoisotopic (exact) mass is 485 g/mol. The van der Waals surface area contributed by atoms with Gasteiger partial charge in [0.15, 0.2) is 0 Å². The van der Waals surface area contributed by atoms with E-state index in [1.165, 1.54) is 18.2 Å². The summed E-state index contributed by atoms with van der Waals surface area (Å²) in [6.07, 6.45) is 2.76. The number of hydrogen-bond acceptors (Lipinski definition) is 6. The molecule has 180 valence electrons. The molecule has 3 aromatic heterocycles. The van der Waals surface area contributed by atoms with Crippen molar-refractivity contribution in [2.75, 3.05) is 5.32 Å². The van der Waals surface area contributed by atoms with Gasteiger partial charge in [-0.3, -0.25) is 14.5 Å². The van der Waals surface area contributed by atoms with Gasteiger partial charge in [0.2, 0.25) is 11.9 Å². The van der Waals surface area contributed by atoms with E-state index in [-0.39, 0.29) is 18.5 Å². The third-order valence-corrected chi connectivity index (χ3v) is 4.96. The van der Waals surface area contributed by atoms with Crippen LogP contribution in [0, 0.1) is 5.82 Å². The van der Waals surface area contributed by atoms with Gasteiger partial charge in [0.05, 0.1) is 18.3 Å². The highest BCUT2D eigenvalue weighted by Gasteiger charge is 2.32. The van der Waals surface area contributed by atoms with Gasteiger partial charge >= 0.3 is 6.18 Å². The van der Waals surface area contributed by atoms with Crippen LogP contribution in [0.3, 0.4) is 0 Å².